The van der Waals surface area contributed by atoms with Gasteiger partial charge in [0.25, 0.3) is 0 Å². The van der Waals surface area contributed by atoms with Gasteiger partial charge in [0.05, 0.1) is 5.92 Å². The van der Waals surface area contributed by atoms with Gasteiger partial charge in [0.15, 0.2) is 0 Å². The van der Waals surface area contributed by atoms with E-state index in [0.717, 1.165) is 12.0 Å². The lowest BCUT2D eigenvalue weighted by molar-refractivity contribution is -0.142. The molecule has 1 fully saturated rings. The van der Waals surface area contributed by atoms with Gasteiger partial charge in [-0.1, -0.05) is 86.1 Å². The topological polar surface area (TPSA) is 92.9 Å². The number of benzene rings is 3. The molecule has 0 spiro atoms. The van der Waals surface area contributed by atoms with Crippen molar-refractivity contribution in [2.75, 3.05) is 13.1 Å². The summed E-state index contributed by atoms with van der Waals surface area (Å²) < 4.78 is 5.23. The van der Waals surface area contributed by atoms with Crippen LogP contribution in [0.2, 0.25) is 0 Å². The number of aliphatic carboxylic acids is 1. The molecule has 0 radical (unpaired) electrons. The molecule has 174 valence electrons. The molecule has 0 aromatic heterocycles. The molecule has 1 aliphatic heterocycles. The van der Waals surface area contributed by atoms with Crippen molar-refractivity contribution in [3.8, 4) is 0 Å². The number of likely N-dealkylation sites (tertiary alicyclic amines) is 1. The molecule has 33 heavy (non-hydrogen) atoms. The highest BCUT2D eigenvalue weighted by atomic mass is 16.6. The highest BCUT2D eigenvalue weighted by Gasteiger charge is 2.39. The molecule has 0 bridgehead atoms. The fourth-order valence-corrected chi connectivity index (χ4v) is 4.17. The maximum atomic E-state index is 12.0. The second kappa shape index (κ2) is 11.5. The van der Waals surface area contributed by atoms with Gasteiger partial charge in [-0.3, -0.25) is 4.79 Å². The standard InChI is InChI=1S/C15H19NO4.C12H13N/c1-2-12-8-16(9-13(12)14(17)18)15(19)20-10-11-6-4-3-5-7-11;1-9(13)11-8-4-6-10-5-2-3-7-12(10)11/h3-7,12-13H,2,8-10H2,1H3,(H,17,18);2-9H,13H2,1H3/t12?,13-;9-/m01/s1. The van der Waals surface area contributed by atoms with Crippen LogP contribution in [0.25, 0.3) is 10.8 Å². The van der Waals surface area contributed by atoms with E-state index in [1.54, 1.807) is 0 Å². The predicted octanol–water partition coefficient (Wildman–Crippen LogP) is 5.23. The summed E-state index contributed by atoms with van der Waals surface area (Å²) in [4.78, 5) is 24.6. The van der Waals surface area contributed by atoms with E-state index >= 15 is 0 Å². The molecule has 3 atom stereocenters. The minimum atomic E-state index is -0.838. The summed E-state index contributed by atoms with van der Waals surface area (Å²) in [5, 5.41) is 11.7. The Balaban J connectivity index is 0.000000203. The SMILES string of the molecule is CCC1CN(C(=O)OCc2ccccc2)C[C@@H]1C(=O)O.C[C@@H](N)c1cccc2ccccc12. The summed E-state index contributed by atoms with van der Waals surface area (Å²) in [7, 11) is 0. The molecule has 0 saturated carbocycles. The molecule has 1 heterocycles. The molecule has 1 unspecified atom stereocenters. The van der Waals surface area contributed by atoms with Crippen molar-refractivity contribution < 1.29 is 19.4 Å². The van der Waals surface area contributed by atoms with Gasteiger partial charge in [-0.25, -0.2) is 4.79 Å². The summed E-state index contributed by atoms with van der Waals surface area (Å²) in [5.41, 5.74) is 8.02. The third kappa shape index (κ3) is 6.33. The average Bonchev–Trinajstić information content (AvgIpc) is 3.28. The Kier molecular flexibility index (Phi) is 8.44. The summed E-state index contributed by atoms with van der Waals surface area (Å²) in [6, 6.07) is 24.1. The predicted molar refractivity (Wildman–Crippen MR) is 130 cm³/mol. The van der Waals surface area contributed by atoms with E-state index in [2.05, 4.69) is 30.3 Å². The van der Waals surface area contributed by atoms with Gasteiger partial charge >= 0.3 is 12.1 Å². The van der Waals surface area contributed by atoms with E-state index in [1.165, 1.54) is 21.2 Å². The maximum Gasteiger partial charge on any atom is 0.410 e. The van der Waals surface area contributed by atoms with Gasteiger partial charge in [-0.05, 0) is 34.7 Å². The van der Waals surface area contributed by atoms with Crippen LogP contribution in [0.1, 0.15) is 37.4 Å². The first kappa shape index (κ1) is 24.3. The molecule has 1 aliphatic rings. The van der Waals surface area contributed by atoms with Crippen molar-refractivity contribution in [3.05, 3.63) is 83.9 Å². The fraction of sp³-hybridized carbons (Fsp3) is 0.333. The number of carboxylic acid groups (broad SMARTS) is 1. The van der Waals surface area contributed by atoms with Gasteiger partial charge in [0.1, 0.15) is 6.61 Å². The minimum Gasteiger partial charge on any atom is -0.481 e. The zero-order valence-corrected chi connectivity index (χ0v) is 19.2. The number of carboxylic acids is 1. The van der Waals surface area contributed by atoms with Crippen LogP contribution in [0, 0.1) is 11.8 Å². The molecule has 3 aromatic rings. The number of ether oxygens (including phenoxy) is 1. The first-order valence-corrected chi connectivity index (χ1v) is 11.3. The Bertz CT molecular complexity index is 1060. The van der Waals surface area contributed by atoms with E-state index in [0.29, 0.717) is 6.54 Å². The molecule has 3 aromatic carbocycles. The summed E-state index contributed by atoms with van der Waals surface area (Å²) in [6.07, 6.45) is 0.315. The van der Waals surface area contributed by atoms with Crippen LogP contribution in [-0.2, 0) is 16.1 Å². The molecule has 6 nitrogen and oxygen atoms in total. The summed E-state index contributed by atoms with van der Waals surface area (Å²) in [6.45, 7) is 4.87. The zero-order valence-electron chi connectivity index (χ0n) is 19.2. The molecule has 6 heteroatoms. The largest absolute Gasteiger partial charge is 0.481 e. The Morgan fingerprint density at radius 3 is 2.33 bits per heavy atom. The second-order valence-electron chi connectivity index (χ2n) is 8.42. The van der Waals surface area contributed by atoms with Gasteiger partial charge < -0.3 is 20.5 Å². The fourth-order valence-electron chi connectivity index (χ4n) is 4.17. The van der Waals surface area contributed by atoms with Crippen LogP contribution in [0.3, 0.4) is 0 Å². The van der Waals surface area contributed by atoms with Crippen molar-refractivity contribution in [2.24, 2.45) is 17.6 Å². The van der Waals surface area contributed by atoms with E-state index in [1.807, 2.05) is 56.3 Å². The van der Waals surface area contributed by atoms with Gasteiger partial charge in [-0.2, -0.15) is 0 Å². The number of hydrogen-bond donors (Lipinski definition) is 2. The number of fused-ring (bicyclic) bond motifs is 1. The number of carbonyl (C=O) groups is 2. The molecule has 1 amide bonds. The smallest absolute Gasteiger partial charge is 0.410 e. The van der Waals surface area contributed by atoms with Crippen molar-refractivity contribution in [2.45, 2.75) is 32.9 Å². The van der Waals surface area contributed by atoms with Crippen LogP contribution in [0.5, 0.6) is 0 Å². The molecular formula is C27H32N2O4. The molecule has 4 rings (SSSR count). The number of rotatable bonds is 5. The van der Waals surface area contributed by atoms with Crippen LogP contribution in [0.15, 0.2) is 72.8 Å². The number of nitrogens with zero attached hydrogens (tertiary/aromatic N) is 1. The van der Waals surface area contributed by atoms with Crippen molar-refractivity contribution in [1.29, 1.82) is 0 Å². The van der Waals surface area contributed by atoms with Gasteiger partial charge in [-0.15, -0.1) is 0 Å². The zero-order chi connectivity index (χ0) is 23.8. The number of amides is 1. The summed E-state index contributed by atoms with van der Waals surface area (Å²) >= 11 is 0. The molecule has 0 aliphatic carbocycles. The number of nitrogens with two attached hydrogens (primary N) is 1. The van der Waals surface area contributed by atoms with E-state index < -0.39 is 18.0 Å². The first-order chi connectivity index (χ1) is 15.9. The Morgan fingerprint density at radius 1 is 1.03 bits per heavy atom. The lowest BCUT2D eigenvalue weighted by atomic mass is 9.94. The maximum absolute atomic E-state index is 12.0. The van der Waals surface area contributed by atoms with Gasteiger partial charge in [0, 0.05) is 19.1 Å². The lowest BCUT2D eigenvalue weighted by Crippen LogP contribution is -2.30. The minimum absolute atomic E-state index is 0.0109. The second-order valence-corrected chi connectivity index (χ2v) is 8.42. The van der Waals surface area contributed by atoms with Crippen molar-refractivity contribution in [1.82, 2.24) is 4.90 Å². The monoisotopic (exact) mass is 448 g/mol. The average molecular weight is 449 g/mol. The van der Waals surface area contributed by atoms with Crippen LogP contribution in [-0.4, -0.2) is 35.2 Å². The lowest BCUT2D eigenvalue weighted by Gasteiger charge is -2.15. The van der Waals surface area contributed by atoms with Crippen molar-refractivity contribution >= 4 is 22.8 Å². The van der Waals surface area contributed by atoms with Crippen LogP contribution >= 0.6 is 0 Å². The quantitative estimate of drug-likeness (QED) is 0.558. The third-order valence-electron chi connectivity index (χ3n) is 6.06. The molecule has 1 saturated heterocycles. The van der Waals surface area contributed by atoms with Gasteiger partial charge in [0.2, 0.25) is 0 Å². The van der Waals surface area contributed by atoms with E-state index in [-0.39, 0.29) is 25.1 Å². The Labute approximate surface area is 195 Å². The Hall–Kier alpha value is -3.38. The third-order valence-corrected chi connectivity index (χ3v) is 6.06. The van der Waals surface area contributed by atoms with Crippen molar-refractivity contribution in [3.63, 3.8) is 0 Å². The number of hydrogen-bond acceptors (Lipinski definition) is 4. The van der Waals surface area contributed by atoms with Crippen LogP contribution in [0.4, 0.5) is 4.79 Å². The molecule has 3 N–H and O–H groups in total. The number of carbonyl (C=O) groups excluding carboxylic acids is 1. The van der Waals surface area contributed by atoms with Crippen LogP contribution < -0.4 is 5.73 Å². The highest BCUT2D eigenvalue weighted by Crippen LogP contribution is 2.27. The summed E-state index contributed by atoms with van der Waals surface area (Å²) in [5.74, 6) is -1.31. The molecular weight excluding hydrogens is 416 g/mol. The van der Waals surface area contributed by atoms with E-state index in [9.17, 15) is 9.59 Å². The Morgan fingerprint density at radius 2 is 1.70 bits per heavy atom. The normalized spacial score (nSPS) is 18.3. The highest BCUT2D eigenvalue weighted by molar-refractivity contribution is 5.86. The first-order valence-electron chi connectivity index (χ1n) is 11.3. The van der Waals surface area contributed by atoms with E-state index in [4.69, 9.17) is 15.6 Å².